The second kappa shape index (κ2) is 4.69. The number of hydrogen-bond donors (Lipinski definition) is 1. The lowest BCUT2D eigenvalue weighted by Gasteiger charge is -2.19. The number of para-hydroxylation sites is 1. The number of nitrogens with one attached hydrogen (secondary N) is 1. The van der Waals surface area contributed by atoms with E-state index in [0.29, 0.717) is 17.7 Å². The standard InChI is InChI=1S/C16H12FNO/c17-13-7-5-11(6-8-13)9-12-10-18-15-4-2-1-3-14(15)16(12)19/h1-9,18H,10H2/b12-9+. The van der Waals surface area contributed by atoms with Crippen molar-refractivity contribution >= 4 is 17.5 Å². The van der Waals surface area contributed by atoms with Gasteiger partial charge in [-0.05, 0) is 35.9 Å². The Balaban J connectivity index is 1.96. The van der Waals surface area contributed by atoms with Gasteiger partial charge < -0.3 is 5.32 Å². The molecule has 19 heavy (non-hydrogen) atoms. The van der Waals surface area contributed by atoms with Gasteiger partial charge in [0.25, 0.3) is 0 Å². The maximum absolute atomic E-state index is 12.8. The number of anilines is 1. The molecule has 1 N–H and O–H groups in total. The Morgan fingerprint density at radius 3 is 2.58 bits per heavy atom. The van der Waals surface area contributed by atoms with E-state index in [9.17, 15) is 9.18 Å². The summed E-state index contributed by atoms with van der Waals surface area (Å²) in [5, 5.41) is 3.21. The zero-order valence-corrected chi connectivity index (χ0v) is 10.2. The minimum Gasteiger partial charge on any atom is -0.380 e. The van der Waals surface area contributed by atoms with E-state index in [2.05, 4.69) is 5.32 Å². The first-order valence-electron chi connectivity index (χ1n) is 6.08. The molecule has 2 aromatic carbocycles. The average Bonchev–Trinajstić information content (AvgIpc) is 2.45. The van der Waals surface area contributed by atoms with Crippen LogP contribution in [0.1, 0.15) is 15.9 Å². The third-order valence-electron chi connectivity index (χ3n) is 3.14. The summed E-state index contributed by atoms with van der Waals surface area (Å²) in [6.07, 6.45) is 1.80. The Bertz CT molecular complexity index is 659. The lowest BCUT2D eigenvalue weighted by atomic mass is 9.96. The lowest BCUT2D eigenvalue weighted by Crippen LogP contribution is -2.21. The Morgan fingerprint density at radius 1 is 1.05 bits per heavy atom. The second-order valence-corrected chi connectivity index (χ2v) is 4.45. The van der Waals surface area contributed by atoms with Gasteiger partial charge >= 0.3 is 0 Å². The molecule has 0 unspecified atom stereocenters. The number of Topliss-reactive ketones (excluding diaryl/α,β-unsaturated/α-hetero) is 1. The van der Waals surface area contributed by atoms with Crippen molar-refractivity contribution in [3.63, 3.8) is 0 Å². The molecule has 0 aliphatic carbocycles. The van der Waals surface area contributed by atoms with Gasteiger partial charge in [-0.25, -0.2) is 4.39 Å². The highest BCUT2D eigenvalue weighted by Gasteiger charge is 2.20. The molecule has 0 radical (unpaired) electrons. The van der Waals surface area contributed by atoms with Crippen molar-refractivity contribution in [3.05, 3.63) is 71.0 Å². The highest BCUT2D eigenvalue weighted by atomic mass is 19.1. The fourth-order valence-electron chi connectivity index (χ4n) is 2.16. The van der Waals surface area contributed by atoms with Gasteiger partial charge in [0, 0.05) is 23.4 Å². The average molecular weight is 253 g/mol. The van der Waals surface area contributed by atoms with Crippen LogP contribution in [-0.4, -0.2) is 12.3 Å². The molecular formula is C16H12FNO. The lowest BCUT2D eigenvalue weighted by molar-refractivity contribution is 0.103. The fraction of sp³-hybridized carbons (Fsp3) is 0.0625. The largest absolute Gasteiger partial charge is 0.380 e. The van der Waals surface area contributed by atoms with Crippen LogP contribution >= 0.6 is 0 Å². The van der Waals surface area contributed by atoms with Crippen molar-refractivity contribution in [2.45, 2.75) is 0 Å². The molecule has 3 heteroatoms. The Morgan fingerprint density at radius 2 is 1.79 bits per heavy atom. The predicted octanol–water partition coefficient (Wildman–Crippen LogP) is 3.52. The van der Waals surface area contributed by atoms with Crippen LogP contribution in [0.25, 0.3) is 6.08 Å². The summed E-state index contributed by atoms with van der Waals surface area (Å²) in [5.41, 5.74) is 3.06. The van der Waals surface area contributed by atoms with Gasteiger partial charge in [0.15, 0.2) is 5.78 Å². The SMILES string of the molecule is O=C1/C(=C/c2ccc(F)cc2)CNc2ccccc21. The molecule has 0 spiro atoms. The zero-order valence-electron chi connectivity index (χ0n) is 10.2. The summed E-state index contributed by atoms with van der Waals surface area (Å²) in [4.78, 5) is 12.3. The molecule has 2 aromatic rings. The zero-order chi connectivity index (χ0) is 13.2. The Hall–Kier alpha value is -2.42. The monoisotopic (exact) mass is 253 g/mol. The summed E-state index contributed by atoms with van der Waals surface area (Å²) in [7, 11) is 0. The van der Waals surface area contributed by atoms with E-state index in [0.717, 1.165) is 11.3 Å². The number of halogens is 1. The molecule has 0 saturated carbocycles. The van der Waals surface area contributed by atoms with Crippen LogP contribution in [0, 0.1) is 5.82 Å². The highest BCUT2D eigenvalue weighted by Crippen LogP contribution is 2.25. The Labute approximate surface area is 110 Å². The topological polar surface area (TPSA) is 29.1 Å². The van der Waals surface area contributed by atoms with Gasteiger partial charge in [0.2, 0.25) is 0 Å². The second-order valence-electron chi connectivity index (χ2n) is 4.45. The number of carbonyl (C=O) groups is 1. The minimum atomic E-state index is -0.277. The molecule has 1 aliphatic heterocycles. The molecule has 0 saturated heterocycles. The van der Waals surface area contributed by atoms with E-state index in [4.69, 9.17) is 0 Å². The molecule has 1 aliphatic rings. The van der Waals surface area contributed by atoms with Crippen LogP contribution in [0.3, 0.4) is 0 Å². The van der Waals surface area contributed by atoms with Crippen molar-refractivity contribution in [1.82, 2.24) is 0 Å². The normalized spacial score (nSPS) is 16.1. The smallest absolute Gasteiger partial charge is 0.192 e. The molecule has 0 aromatic heterocycles. The molecule has 94 valence electrons. The molecular weight excluding hydrogens is 241 g/mol. The van der Waals surface area contributed by atoms with Gasteiger partial charge in [-0.3, -0.25) is 4.79 Å². The number of rotatable bonds is 1. The molecule has 0 bridgehead atoms. The van der Waals surface area contributed by atoms with Crippen molar-refractivity contribution in [3.8, 4) is 0 Å². The first-order chi connectivity index (χ1) is 9.24. The molecule has 0 atom stereocenters. The summed E-state index contributed by atoms with van der Waals surface area (Å²) >= 11 is 0. The first-order valence-corrected chi connectivity index (χ1v) is 6.08. The van der Waals surface area contributed by atoms with Crippen LogP contribution in [-0.2, 0) is 0 Å². The number of benzene rings is 2. The van der Waals surface area contributed by atoms with E-state index >= 15 is 0 Å². The molecule has 0 fully saturated rings. The summed E-state index contributed by atoms with van der Waals surface area (Å²) in [6.45, 7) is 0.493. The number of carbonyl (C=O) groups excluding carboxylic acids is 1. The Kier molecular flexibility index (Phi) is 2.88. The highest BCUT2D eigenvalue weighted by molar-refractivity contribution is 6.16. The predicted molar refractivity (Wildman–Crippen MR) is 73.6 cm³/mol. The van der Waals surface area contributed by atoms with Crippen LogP contribution in [0.4, 0.5) is 10.1 Å². The van der Waals surface area contributed by atoms with Crippen molar-refractivity contribution < 1.29 is 9.18 Å². The number of hydrogen-bond acceptors (Lipinski definition) is 2. The summed E-state index contributed by atoms with van der Waals surface area (Å²) in [5.74, 6) is -0.251. The third-order valence-corrected chi connectivity index (χ3v) is 3.14. The summed E-state index contributed by atoms with van der Waals surface area (Å²) < 4.78 is 12.8. The van der Waals surface area contributed by atoms with Crippen LogP contribution < -0.4 is 5.32 Å². The van der Waals surface area contributed by atoms with Crippen molar-refractivity contribution in [2.24, 2.45) is 0 Å². The van der Waals surface area contributed by atoms with Gasteiger partial charge in [-0.1, -0.05) is 24.3 Å². The van der Waals surface area contributed by atoms with E-state index in [-0.39, 0.29) is 11.6 Å². The molecule has 0 amide bonds. The van der Waals surface area contributed by atoms with Gasteiger partial charge in [0.1, 0.15) is 5.82 Å². The third kappa shape index (κ3) is 2.27. The maximum atomic E-state index is 12.8. The number of ketones is 1. The molecule has 2 nitrogen and oxygen atoms in total. The minimum absolute atomic E-state index is 0.0266. The fourth-order valence-corrected chi connectivity index (χ4v) is 2.16. The molecule has 3 rings (SSSR count). The van der Waals surface area contributed by atoms with Crippen molar-refractivity contribution in [2.75, 3.05) is 11.9 Å². The molecule has 1 heterocycles. The van der Waals surface area contributed by atoms with E-state index in [1.807, 2.05) is 24.3 Å². The van der Waals surface area contributed by atoms with Crippen LogP contribution in [0.5, 0.6) is 0 Å². The quantitative estimate of drug-likeness (QED) is 0.788. The van der Waals surface area contributed by atoms with Crippen molar-refractivity contribution in [1.29, 1.82) is 0 Å². The van der Waals surface area contributed by atoms with Crippen LogP contribution in [0.2, 0.25) is 0 Å². The van der Waals surface area contributed by atoms with Gasteiger partial charge in [-0.15, -0.1) is 0 Å². The van der Waals surface area contributed by atoms with Gasteiger partial charge in [-0.2, -0.15) is 0 Å². The summed E-state index contributed by atoms with van der Waals surface area (Å²) in [6, 6.07) is 13.5. The van der Waals surface area contributed by atoms with Gasteiger partial charge in [0.05, 0.1) is 0 Å². The maximum Gasteiger partial charge on any atom is 0.192 e. The number of fused-ring (bicyclic) bond motifs is 1. The van der Waals surface area contributed by atoms with E-state index in [1.165, 1.54) is 12.1 Å². The van der Waals surface area contributed by atoms with E-state index < -0.39 is 0 Å². The first kappa shape index (κ1) is 11.7. The van der Waals surface area contributed by atoms with Crippen LogP contribution in [0.15, 0.2) is 54.1 Å². The van der Waals surface area contributed by atoms with E-state index in [1.54, 1.807) is 18.2 Å².